The monoisotopic (exact) mass is 362 g/mol. The molecule has 0 aliphatic carbocycles. The number of methoxy groups -OCH3 is 3. The van der Waals surface area contributed by atoms with Gasteiger partial charge in [-0.25, -0.2) is 0 Å². The van der Waals surface area contributed by atoms with Crippen LogP contribution in [0.4, 0.5) is 0 Å². The highest BCUT2D eigenvalue weighted by Gasteiger charge is 2.23. The van der Waals surface area contributed by atoms with Gasteiger partial charge < -0.3 is 34.3 Å². The lowest BCUT2D eigenvalue weighted by molar-refractivity contribution is 0.345. The molecule has 8 nitrogen and oxygen atoms in total. The predicted molar refractivity (Wildman–Crippen MR) is 94.5 cm³/mol. The van der Waals surface area contributed by atoms with Gasteiger partial charge in [0.05, 0.1) is 21.3 Å². The number of phenols is 2. The highest BCUT2D eigenvalue weighted by molar-refractivity contribution is 5.91. The number of rotatable bonds is 4. The average molecular weight is 362 g/mol. The van der Waals surface area contributed by atoms with Gasteiger partial charge in [0.15, 0.2) is 17.3 Å². The van der Waals surface area contributed by atoms with E-state index in [0.29, 0.717) is 11.3 Å². The maximum atomic E-state index is 12.8. The normalized spacial score (nSPS) is 10.3. The third-order valence-electron chi connectivity index (χ3n) is 3.81. The minimum atomic E-state index is -0.578. The first-order valence-electron chi connectivity index (χ1n) is 7.30. The van der Waals surface area contributed by atoms with E-state index in [9.17, 15) is 15.0 Å². The van der Waals surface area contributed by atoms with Gasteiger partial charge in [-0.2, -0.15) is 0 Å². The van der Waals surface area contributed by atoms with Crippen molar-refractivity contribution < 1.29 is 34.3 Å². The van der Waals surface area contributed by atoms with Gasteiger partial charge in [0.25, 0.3) is 0 Å². The summed E-state index contributed by atoms with van der Waals surface area (Å²) in [5, 5.41) is 20.1. The zero-order chi connectivity index (χ0) is 18.1. The van der Waals surface area contributed by atoms with Gasteiger partial charge in [-0.15, -0.1) is 0 Å². The standard InChI is InChI=1S/C18H16O7.H2O/c1-22-10-6-4-9(5-7-10)16-18(24-3)15(21)13-12(25-16)8-11(19)17(23-2)14(13)20;/h4-8,19-20H,1-3H3;1H2. The molecule has 26 heavy (non-hydrogen) atoms. The second-order valence-corrected chi connectivity index (χ2v) is 5.17. The van der Waals surface area contributed by atoms with E-state index in [-0.39, 0.29) is 39.5 Å². The van der Waals surface area contributed by atoms with Crippen LogP contribution in [0.3, 0.4) is 0 Å². The molecule has 0 bridgehead atoms. The summed E-state index contributed by atoms with van der Waals surface area (Å²) >= 11 is 0. The number of hydrogen-bond donors (Lipinski definition) is 2. The van der Waals surface area contributed by atoms with Gasteiger partial charge in [0, 0.05) is 11.6 Å². The Morgan fingerprint density at radius 2 is 1.54 bits per heavy atom. The summed E-state index contributed by atoms with van der Waals surface area (Å²) in [5.41, 5.74) is 0.00392. The van der Waals surface area contributed by atoms with Gasteiger partial charge >= 0.3 is 0 Å². The van der Waals surface area contributed by atoms with E-state index < -0.39 is 11.2 Å². The van der Waals surface area contributed by atoms with Crippen LogP contribution in [0.1, 0.15) is 0 Å². The number of phenolic OH excluding ortho intramolecular Hbond substituents is 2. The first kappa shape index (κ1) is 18.9. The Balaban J connectivity index is 0.00000243. The third-order valence-corrected chi connectivity index (χ3v) is 3.81. The van der Waals surface area contributed by atoms with Crippen molar-refractivity contribution in [2.24, 2.45) is 0 Å². The van der Waals surface area contributed by atoms with Crippen molar-refractivity contribution in [1.82, 2.24) is 0 Å². The summed E-state index contributed by atoms with van der Waals surface area (Å²) in [5.74, 6) is -0.315. The quantitative estimate of drug-likeness (QED) is 0.726. The summed E-state index contributed by atoms with van der Waals surface area (Å²) < 4.78 is 21.0. The van der Waals surface area contributed by atoms with Crippen molar-refractivity contribution in [2.45, 2.75) is 0 Å². The fraction of sp³-hybridized carbons (Fsp3) is 0.167. The third kappa shape index (κ3) is 2.86. The van der Waals surface area contributed by atoms with Crippen LogP contribution in [0, 0.1) is 0 Å². The Morgan fingerprint density at radius 1 is 0.923 bits per heavy atom. The van der Waals surface area contributed by atoms with Crippen LogP contribution in [0.25, 0.3) is 22.3 Å². The predicted octanol–water partition coefficient (Wildman–Crippen LogP) is 2.07. The first-order chi connectivity index (χ1) is 12.0. The van der Waals surface area contributed by atoms with Crippen LogP contribution < -0.4 is 19.6 Å². The van der Waals surface area contributed by atoms with Gasteiger partial charge in [-0.1, -0.05) is 0 Å². The molecule has 0 atom stereocenters. The Bertz CT molecular complexity index is 989. The lowest BCUT2D eigenvalue weighted by Gasteiger charge is -2.12. The summed E-state index contributed by atoms with van der Waals surface area (Å²) in [4.78, 5) is 12.8. The van der Waals surface area contributed by atoms with E-state index >= 15 is 0 Å². The zero-order valence-electron chi connectivity index (χ0n) is 14.3. The van der Waals surface area contributed by atoms with Crippen molar-refractivity contribution in [2.75, 3.05) is 21.3 Å². The van der Waals surface area contributed by atoms with Crippen LogP contribution in [0.5, 0.6) is 28.7 Å². The Labute approximate surface area is 148 Å². The fourth-order valence-corrected chi connectivity index (χ4v) is 2.61. The lowest BCUT2D eigenvalue weighted by Crippen LogP contribution is -2.08. The molecule has 2 aromatic carbocycles. The van der Waals surface area contributed by atoms with Gasteiger partial charge in [-0.05, 0) is 24.3 Å². The molecule has 0 aliphatic rings. The zero-order valence-corrected chi connectivity index (χ0v) is 14.3. The molecule has 3 aromatic rings. The molecule has 0 spiro atoms. The largest absolute Gasteiger partial charge is 0.504 e. The number of hydrogen-bond acceptors (Lipinski definition) is 7. The maximum Gasteiger partial charge on any atom is 0.239 e. The van der Waals surface area contributed by atoms with Crippen LogP contribution in [-0.2, 0) is 0 Å². The van der Waals surface area contributed by atoms with Crippen molar-refractivity contribution in [3.05, 3.63) is 40.6 Å². The molecule has 4 N–H and O–H groups in total. The highest BCUT2D eigenvalue weighted by atomic mass is 16.5. The van der Waals surface area contributed by atoms with E-state index in [4.69, 9.17) is 18.6 Å². The fourth-order valence-electron chi connectivity index (χ4n) is 2.61. The second-order valence-electron chi connectivity index (χ2n) is 5.17. The van der Waals surface area contributed by atoms with Gasteiger partial charge in [0.1, 0.15) is 16.7 Å². The van der Waals surface area contributed by atoms with Crippen LogP contribution in [0.2, 0.25) is 0 Å². The Kier molecular flexibility index (Phi) is 5.27. The van der Waals surface area contributed by atoms with Crippen LogP contribution in [0.15, 0.2) is 39.5 Å². The molecule has 0 fully saturated rings. The van der Waals surface area contributed by atoms with Crippen molar-refractivity contribution in [3.8, 4) is 40.1 Å². The molecule has 3 rings (SSSR count). The minimum absolute atomic E-state index is 0. The minimum Gasteiger partial charge on any atom is -0.504 e. The second kappa shape index (κ2) is 7.24. The first-order valence-corrected chi connectivity index (χ1v) is 7.30. The molecule has 0 radical (unpaired) electrons. The Morgan fingerprint density at radius 3 is 2.08 bits per heavy atom. The van der Waals surface area contributed by atoms with Gasteiger partial charge in [-0.3, -0.25) is 4.79 Å². The molecule has 0 saturated carbocycles. The molecule has 0 unspecified atom stereocenters. The van der Waals surface area contributed by atoms with E-state index in [1.54, 1.807) is 31.4 Å². The van der Waals surface area contributed by atoms with E-state index in [0.717, 1.165) is 0 Å². The van der Waals surface area contributed by atoms with Crippen LogP contribution >= 0.6 is 0 Å². The van der Waals surface area contributed by atoms with Crippen LogP contribution in [-0.4, -0.2) is 37.0 Å². The molecule has 1 aromatic heterocycles. The average Bonchev–Trinajstić information content (AvgIpc) is 2.61. The number of fused-ring (bicyclic) bond motifs is 1. The maximum absolute atomic E-state index is 12.8. The summed E-state index contributed by atoms with van der Waals surface area (Å²) in [6.07, 6.45) is 0. The van der Waals surface area contributed by atoms with Gasteiger partial charge in [0.2, 0.25) is 16.9 Å². The van der Waals surface area contributed by atoms with Crippen molar-refractivity contribution in [1.29, 1.82) is 0 Å². The summed E-state index contributed by atoms with van der Waals surface area (Å²) in [6.45, 7) is 0. The topological polar surface area (TPSA) is 130 Å². The molecule has 1 heterocycles. The number of ether oxygens (including phenoxy) is 3. The number of benzene rings is 2. The summed E-state index contributed by atoms with van der Waals surface area (Å²) in [7, 11) is 4.15. The van der Waals surface area contributed by atoms with Crippen molar-refractivity contribution >= 4 is 11.0 Å². The number of aromatic hydroxyl groups is 2. The van der Waals surface area contributed by atoms with E-state index in [1.807, 2.05) is 0 Å². The highest BCUT2D eigenvalue weighted by Crippen LogP contribution is 2.43. The molecular formula is C18H18O8. The smallest absolute Gasteiger partial charge is 0.239 e. The van der Waals surface area contributed by atoms with E-state index in [2.05, 4.69) is 0 Å². The van der Waals surface area contributed by atoms with Crippen molar-refractivity contribution in [3.63, 3.8) is 0 Å². The van der Waals surface area contributed by atoms with E-state index in [1.165, 1.54) is 20.3 Å². The molecule has 0 aliphatic heterocycles. The molecule has 138 valence electrons. The molecule has 0 saturated heterocycles. The molecule has 8 heteroatoms. The summed E-state index contributed by atoms with van der Waals surface area (Å²) in [6, 6.07) is 8.04. The molecular weight excluding hydrogens is 344 g/mol. The lowest BCUT2D eigenvalue weighted by atomic mass is 10.1. The molecule has 0 amide bonds. The Hall–Kier alpha value is -3.39. The SMILES string of the molecule is COc1ccc(-c2oc3cc(O)c(OC)c(O)c3c(=O)c2OC)cc1.O.